The van der Waals surface area contributed by atoms with E-state index in [-0.39, 0.29) is 24.0 Å². The molecule has 1 atom stereocenters. The Balaban J connectivity index is 0.00000338. The van der Waals surface area contributed by atoms with Gasteiger partial charge in [-0.15, -0.1) is 34.2 Å². The number of nitrogens with one attached hydrogen (secondary N) is 2. The fourth-order valence-corrected chi connectivity index (χ4v) is 2.22. The predicted molar refractivity (Wildman–Crippen MR) is 114 cm³/mol. The first-order valence-corrected chi connectivity index (χ1v) is 8.65. The lowest BCUT2D eigenvalue weighted by Gasteiger charge is -2.16. The highest BCUT2D eigenvalue weighted by Gasteiger charge is 2.06. The number of aromatic nitrogens is 3. The maximum absolute atomic E-state index is 5.79. The van der Waals surface area contributed by atoms with Gasteiger partial charge in [-0.2, -0.15) is 0 Å². The van der Waals surface area contributed by atoms with E-state index in [1.807, 2.05) is 36.7 Å². The number of aryl methyl sites for hydroxylation is 1. The van der Waals surface area contributed by atoms with Crippen LogP contribution in [0.2, 0.25) is 0 Å². The van der Waals surface area contributed by atoms with E-state index in [1.165, 1.54) is 5.56 Å². The minimum atomic E-state index is 0. The van der Waals surface area contributed by atoms with E-state index >= 15 is 0 Å². The number of hydrogen-bond donors (Lipinski definition) is 2. The van der Waals surface area contributed by atoms with Gasteiger partial charge in [-0.3, -0.25) is 0 Å². The Morgan fingerprint density at radius 2 is 2.04 bits per heavy atom. The molecule has 7 nitrogen and oxygen atoms in total. The average Bonchev–Trinajstić information content (AvgIpc) is 3.03. The van der Waals surface area contributed by atoms with Crippen molar-refractivity contribution in [1.82, 2.24) is 25.4 Å². The van der Waals surface area contributed by atoms with Crippen LogP contribution in [0.1, 0.15) is 25.2 Å². The molecule has 26 heavy (non-hydrogen) atoms. The fourth-order valence-electron chi connectivity index (χ4n) is 2.22. The van der Waals surface area contributed by atoms with Gasteiger partial charge in [-0.25, -0.2) is 4.99 Å². The summed E-state index contributed by atoms with van der Waals surface area (Å²) in [4.78, 5) is 4.55. The Labute approximate surface area is 172 Å². The van der Waals surface area contributed by atoms with E-state index in [0.717, 1.165) is 24.9 Å². The molecule has 2 aromatic rings. The van der Waals surface area contributed by atoms with Crippen molar-refractivity contribution in [2.24, 2.45) is 18.0 Å². The van der Waals surface area contributed by atoms with Crippen LogP contribution in [0.4, 0.5) is 0 Å². The van der Waals surface area contributed by atoms with Crippen molar-refractivity contribution >= 4 is 29.9 Å². The Bertz CT molecular complexity index is 646. The van der Waals surface area contributed by atoms with Gasteiger partial charge >= 0.3 is 0 Å². The molecule has 2 rings (SSSR count). The summed E-state index contributed by atoms with van der Waals surface area (Å²) in [6.07, 6.45) is 1.68. The molecule has 1 heterocycles. The molecule has 0 saturated heterocycles. The predicted octanol–water partition coefficient (Wildman–Crippen LogP) is 2.34. The van der Waals surface area contributed by atoms with Gasteiger partial charge in [0.1, 0.15) is 12.9 Å². The number of nitrogens with zero attached hydrogens (tertiary/aromatic N) is 4. The van der Waals surface area contributed by atoms with Crippen molar-refractivity contribution in [2.75, 3.05) is 19.7 Å². The number of ether oxygens (including phenoxy) is 1. The van der Waals surface area contributed by atoms with Crippen LogP contribution in [0.5, 0.6) is 0 Å². The summed E-state index contributed by atoms with van der Waals surface area (Å²) in [7, 11) is 1.91. The number of rotatable bonds is 9. The highest BCUT2D eigenvalue weighted by molar-refractivity contribution is 14.0. The molecule has 0 bridgehead atoms. The quantitative estimate of drug-likeness (QED) is 0.333. The van der Waals surface area contributed by atoms with Crippen molar-refractivity contribution in [2.45, 2.75) is 27.0 Å². The second-order valence-corrected chi connectivity index (χ2v) is 6.04. The first kappa shape index (κ1) is 22.4. The van der Waals surface area contributed by atoms with Gasteiger partial charge in [0.15, 0.2) is 11.8 Å². The third-order valence-corrected chi connectivity index (χ3v) is 3.66. The largest absolute Gasteiger partial charge is 0.376 e. The number of hydrogen-bond acceptors (Lipinski definition) is 4. The molecule has 0 radical (unpaired) electrons. The van der Waals surface area contributed by atoms with Crippen LogP contribution < -0.4 is 10.6 Å². The summed E-state index contributed by atoms with van der Waals surface area (Å²) in [5.74, 6) is 1.99. The SMILES string of the molecule is CCNC(=NCc1nncn1C)NCC(C)COCc1ccccc1.I. The molecular weight excluding hydrogens is 443 g/mol. The van der Waals surface area contributed by atoms with Crippen molar-refractivity contribution in [1.29, 1.82) is 0 Å². The molecule has 0 saturated carbocycles. The number of halogens is 1. The van der Waals surface area contributed by atoms with Crippen LogP contribution in [-0.2, 0) is 24.9 Å². The fraction of sp³-hybridized carbons (Fsp3) is 0.500. The van der Waals surface area contributed by atoms with Crippen molar-refractivity contribution < 1.29 is 4.74 Å². The van der Waals surface area contributed by atoms with Crippen LogP contribution >= 0.6 is 24.0 Å². The normalized spacial score (nSPS) is 12.3. The molecule has 0 amide bonds. The zero-order valence-corrected chi connectivity index (χ0v) is 18.0. The number of guanidine groups is 1. The second-order valence-electron chi connectivity index (χ2n) is 6.04. The lowest BCUT2D eigenvalue weighted by atomic mass is 10.2. The molecular formula is C18H29IN6O. The maximum Gasteiger partial charge on any atom is 0.191 e. The Morgan fingerprint density at radius 1 is 1.27 bits per heavy atom. The molecule has 1 unspecified atom stereocenters. The molecule has 0 aliphatic carbocycles. The molecule has 0 aliphatic rings. The van der Waals surface area contributed by atoms with Crippen LogP contribution in [0.15, 0.2) is 41.7 Å². The van der Waals surface area contributed by atoms with Gasteiger partial charge in [-0.1, -0.05) is 37.3 Å². The summed E-state index contributed by atoms with van der Waals surface area (Å²) in [6.45, 7) is 7.64. The van der Waals surface area contributed by atoms with E-state index in [9.17, 15) is 0 Å². The van der Waals surface area contributed by atoms with Gasteiger partial charge in [0.2, 0.25) is 0 Å². The summed E-state index contributed by atoms with van der Waals surface area (Å²) < 4.78 is 7.65. The van der Waals surface area contributed by atoms with Crippen molar-refractivity contribution in [3.8, 4) is 0 Å². The van der Waals surface area contributed by atoms with Crippen LogP contribution in [0, 0.1) is 5.92 Å². The zero-order valence-electron chi connectivity index (χ0n) is 15.7. The van der Waals surface area contributed by atoms with Crippen molar-refractivity contribution in [3.63, 3.8) is 0 Å². The summed E-state index contributed by atoms with van der Waals surface area (Å²) in [6, 6.07) is 10.2. The summed E-state index contributed by atoms with van der Waals surface area (Å²) in [5, 5.41) is 14.5. The van der Waals surface area contributed by atoms with E-state index in [2.05, 4.69) is 44.9 Å². The molecule has 1 aromatic heterocycles. The number of aliphatic imine (C=N–C) groups is 1. The molecule has 0 spiro atoms. The smallest absolute Gasteiger partial charge is 0.191 e. The highest BCUT2D eigenvalue weighted by atomic mass is 127. The first-order valence-electron chi connectivity index (χ1n) is 8.65. The van der Waals surface area contributed by atoms with E-state index < -0.39 is 0 Å². The van der Waals surface area contributed by atoms with E-state index in [4.69, 9.17) is 4.74 Å². The summed E-state index contributed by atoms with van der Waals surface area (Å²) in [5.41, 5.74) is 1.20. The molecule has 144 valence electrons. The lowest BCUT2D eigenvalue weighted by Crippen LogP contribution is -2.40. The van der Waals surface area contributed by atoms with Gasteiger partial charge in [0.05, 0.1) is 13.2 Å². The zero-order chi connectivity index (χ0) is 17.9. The first-order chi connectivity index (χ1) is 12.2. The third-order valence-electron chi connectivity index (χ3n) is 3.66. The van der Waals surface area contributed by atoms with Gasteiger partial charge < -0.3 is 19.9 Å². The molecule has 8 heteroatoms. The Morgan fingerprint density at radius 3 is 2.69 bits per heavy atom. The number of benzene rings is 1. The van der Waals surface area contributed by atoms with E-state index in [0.29, 0.717) is 25.7 Å². The van der Waals surface area contributed by atoms with E-state index in [1.54, 1.807) is 6.33 Å². The van der Waals surface area contributed by atoms with Crippen LogP contribution in [-0.4, -0.2) is 40.4 Å². The summed E-state index contributed by atoms with van der Waals surface area (Å²) >= 11 is 0. The minimum Gasteiger partial charge on any atom is -0.376 e. The standard InChI is InChI=1S/C18H28N6O.HI/c1-4-19-18(21-11-17-23-22-14-24(17)3)20-10-15(2)12-25-13-16-8-6-5-7-9-16;/h5-9,14-15H,4,10-13H2,1-3H3,(H2,19,20,21);1H. The second kappa shape index (κ2) is 12.6. The topological polar surface area (TPSA) is 76.4 Å². The van der Waals surface area contributed by atoms with Gasteiger partial charge in [0, 0.05) is 20.1 Å². The Hall–Kier alpha value is -1.68. The van der Waals surface area contributed by atoms with Crippen LogP contribution in [0.3, 0.4) is 0 Å². The molecule has 1 aromatic carbocycles. The molecule has 0 aliphatic heterocycles. The van der Waals surface area contributed by atoms with Crippen molar-refractivity contribution in [3.05, 3.63) is 48.0 Å². The minimum absolute atomic E-state index is 0. The average molecular weight is 472 g/mol. The van der Waals surface area contributed by atoms with Gasteiger partial charge in [0.25, 0.3) is 0 Å². The molecule has 2 N–H and O–H groups in total. The van der Waals surface area contributed by atoms with Gasteiger partial charge in [-0.05, 0) is 18.4 Å². The van der Waals surface area contributed by atoms with Crippen LogP contribution in [0.25, 0.3) is 0 Å². The Kier molecular flexibility index (Phi) is 10.9. The maximum atomic E-state index is 5.79. The molecule has 0 fully saturated rings. The third kappa shape index (κ3) is 8.13. The monoisotopic (exact) mass is 472 g/mol. The lowest BCUT2D eigenvalue weighted by molar-refractivity contribution is 0.0931. The highest BCUT2D eigenvalue weighted by Crippen LogP contribution is 2.03.